The van der Waals surface area contributed by atoms with Crippen molar-refractivity contribution in [2.45, 2.75) is 37.3 Å². The molecule has 3 aromatic carbocycles. The summed E-state index contributed by atoms with van der Waals surface area (Å²) in [6.07, 6.45) is 2.60. The first-order valence-electron chi connectivity index (χ1n) is 14.9. The van der Waals surface area contributed by atoms with Gasteiger partial charge in [0, 0.05) is 38.1 Å². The molecule has 2 aliphatic rings. The second-order valence-electron chi connectivity index (χ2n) is 11.5. The lowest BCUT2D eigenvalue weighted by molar-refractivity contribution is -0.137. The number of sulfonamides is 1. The molecule has 2 amide bonds. The van der Waals surface area contributed by atoms with Gasteiger partial charge in [-0.25, -0.2) is 12.8 Å². The number of ether oxygens (including phenoxy) is 1. The first-order valence-corrected chi connectivity index (χ1v) is 16.7. The van der Waals surface area contributed by atoms with Gasteiger partial charge < -0.3 is 20.3 Å². The zero-order valence-electron chi connectivity index (χ0n) is 25.0. The van der Waals surface area contributed by atoms with Gasteiger partial charge in [-0.15, -0.1) is 0 Å². The molecule has 0 spiro atoms. The van der Waals surface area contributed by atoms with E-state index in [4.69, 9.17) is 4.74 Å². The molecule has 1 aliphatic carbocycles. The van der Waals surface area contributed by atoms with Crippen LogP contribution in [0, 0.1) is 5.82 Å². The minimum Gasteiger partial charge on any atom is -0.497 e. The number of nitrogens with zero attached hydrogens (tertiary/aromatic N) is 2. The van der Waals surface area contributed by atoms with E-state index in [9.17, 15) is 22.4 Å². The Hall–Kier alpha value is -3.80. The number of benzene rings is 3. The fraction of sp³-hybridized carbons (Fsp3) is 0.394. The normalized spacial score (nSPS) is 19.3. The number of carbonyl (C=O) groups is 2. The van der Waals surface area contributed by atoms with Gasteiger partial charge in [0.2, 0.25) is 21.8 Å². The van der Waals surface area contributed by atoms with Crippen molar-refractivity contribution < 1.29 is 27.1 Å². The summed E-state index contributed by atoms with van der Waals surface area (Å²) in [5, 5.41) is 6.42. The van der Waals surface area contributed by atoms with Gasteiger partial charge in [0.1, 0.15) is 17.6 Å². The molecule has 1 saturated carbocycles. The van der Waals surface area contributed by atoms with Crippen molar-refractivity contribution in [3.8, 4) is 16.9 Å². The number of methoxy groups -OCH3 is 1. The number of piperazine rings is 1. The Morgan fingerprint density at radius 2 is 1.55 bits per heavy atom. The van der Waals surface area contributed by atoms with E-state index in [-0.39, 0.29) is 56.3 Å². The van der Waals surface area contributed by atoms with Crippen LogP contribution in [0.2, 0.25) is 0 Å². The van der Waals surface area contributed by atoms with Gasteiger partial charge in [-0.2, -0.15) is 4.31 Å². The molecule has 0 aromatic heterocycles. The Morgan fingerprint density at radius 1 is 0.932 bits per heavy atom. The van der Waals surface area contributed by atoms with Crippen molar-refractivity contribution in [3.05, 3.63) is 89.7 Å². The maximum absolute atomic E-state index is 13.6. The third kappa shape index (κ3) is 8.22. The second kappa shape index (κ2) is 13.9. The predicted molar refractivity (Wildman–Crippen MR) is 167 cm³/mol. The summed E-state index contributed by atoms with van der Waals surface area (Å²) in [5.41, 5.74) is 3.95. The Balaban J connectivity index is 1.19. The number of halogens is 1. The number of amides is 2. The molecule has 3 atom stereocenters. The smallest absolute Gasteiger partial charge is 0.245 e. The van der Waals surface area contributed by atoms with Gasteiger partial charge in [-0.3, -0.25) is 9.59 Å². The number of rotatable bonds is 12. The topological polar surface area (TPSA) is 108 Å². The van der Waals surface area contributed by atoms with Crippen LogP contribution in [0.5, 0.6) is 5.75 Å². The van der Waals surface area contributed by atoms with E-state index < -0.39 is 16.1 Å². The molecule has 1 saturated heterocycles. The molecule has 44 heavy (non-hydrogen) atoms. The van der Waals surface area contributed by atoms with E-state index in [1.807, 2.05) is 48.5 Å². The van der Waals surface area contributed by atoms with E-state index in [1.54, 1.807) is 24.1 Å². The van der Waals surface area contributed by atoms with Crippen molar-refractivity contribution in [3.63, 3.8) is 0 Å². The maximum Gasteiger partial charge on any atom is 0.245 e. The zero-order chi connectivity index (χ0) is 31.3. The van der Waals surface area contributed by atoms with Crippen LogP contribution in [-0.2, 0) is 26.0 Å². The third-order valence-electron chi connectivity index (χ3n) is 8.32. The van der Waals surface area contributed by atoms with Crippen LogP contribution >= 0.6 is 0 Å². The largest absolute Gasteiger partial charge is 0.497 e. The van der Waals surface area contributed by atoms with Gasteiger partial charge in [-0.05, 0) is 65.9 Å². The van der Waals surface area contributed by atoms with Crippen LogP contribution in [0.25, 0.3) is 11.1 Å². The molecule has 0 unspecified atom stereocenters. The van der Waals surface area contributed by atoms with Crippen LogP contribution in [0.4, 0.5) is 4.39 Å². The molecular formula is C33H39FN4O5S. The van der Waals surface area contributed by atoms with Crippen LogP contribution in [0.1, 0.15) is 29.9 Å². The van der Waals surface area contributed by atoms with E-state index in [0.717, 1.165) is 34.4 Å². The molecule has 1 heterocycles. The van der Waals surface area contributed by atoms with E-state index in [0.29, 0.717) is 18.9 Å². The van der Waals surface area contributed by atoms with Crippen molar-refractivity contribution in [2.24, 2.45) is 0 Å². The SMILES string of the molecule is COc1ccc(-c2ccc(CC(=O)N[C@@H](CCN[C@@H]3C[C@H]3c3ccc(F)cc3)C(=O)N3CCN(S(C)(=O)=O)CC3)cc2)cc1. The third-order valence-corrected chi connectivity index (χ3v) is 9.63. The second-order valence-corrected chi connectivity index (χ2v) is 13.4. The summed E-state index contributed by atoms with van der Waals surface area (Å²) >= 11 is 0. The van der Waals surface area contributed by atoms with Gasteiger partial charge in [0.15, 0.2) is 0 Å². The summed E-state index contributed by atoms with van der Waals surface area (Å²) < 4.78 is 43.8. The molecule has 9 nitrogen and oxygen atoms in total. The molecule has 2 N–H and O–H groups in total. The average molecular weight is 623 g/mol. The molecule has 5 rings (SSSR count). The summed E-state index contributed by atoms with van der Waals surface area (Å²) in [5.74, 6) is 0.342. The van der Waals surface area contributed by atoms with Gasteiger partial charge in [-0.1, -0.05) is 48.5 Å². The van der Waals surface area contributed by atoms with E-state index in [1.165, 1.54) is 22.7 Å². The minimum absolute atomic E-state index is 0.122. The van der Waals surface area contributed by atoms with Crippen LogP contribution in [0.3, 0.4) is 0 Å². The highest BCUT2D eigenvalue weighted by Crippen LogP contribution is 2.40. The summed E-state index contributed by atoms with van der Waals surface area (Å²) in [4.78, 5) is 28.4. The molecular weight excluding hydrogens is 583 g/mol. The quantitative estimate of drug-likeness (QED) is 0.322. The highest BCUT2D eigenvalue weighted by Gasteiger charge is 2.38. The highest BCUT2D eigenvalue weighted by atomic mass is 32.2. The van der Waals surface area contributed by atoms with E-state index >= 15 is 0 Å². The van der Waals surface area contributed by atoms with Crippen LogP contribution < -0.4 is 15.4 Å². The Labute approximate surface area is 258 Å². The van der Waals surface area contributed by atoms with Crippen LogP contribution in [0.15, 0.2) is 72.8 Å². The lowest BCUT2D eigenvalue weighted by Crippen LogP contribution is -2.56. The number of nitrogens with one attached hydrogen (secondary N) is 2. The average Bonchev–Trinajstić information content (AvgIpc) is 3.80. The molecule has 11 heteroatoms. The van der Waals surface area contributed by atoms with Crippen molar-refractivity contribution >= 4 is 21.8 Å². The molecule has 0 bridgehead atoms. The molecule has 2 fully saturated rings. The lowest BCUT2D eigenvalue weighted by Gasteiger charge is -2.35. The summed E-state index contributed by atoms with van der Waals surface area (Å²) in [6, 6.07) is 21.5. The minimum atomic E-state index is -3.33. The standard InChI is InChI=1S/C33H39FN4O5S/c1-43-28-13-9-25(10-14-28)24-5-3-23(4-6-24)21-32(39)36-30(33(40)37-17-19-38(20-18-37)44(2,41)42)15-16-35-31-22-29(31)26-7-11-27(34)12-8-26/h3-14,29-31,35H,15-22H2,1-2H3,(H,36,39)/t29-,30-,31+/m0/s1. The van der Waals surface area contributed by atoms with Crippen LogP contribution in [-0.4, -0.2) is 87.6 Å². The Bertz CT molecular complexity index is 1540. The van der Waals surface area contributed by atoms with Gasteiger partial charge >= 0.3 is 0 Å². The molecule has 1 aliphatic heterocycles. The molecule has 0 radical (unpaired) electrons. The molecule has 3 aromatic rings. The fourth-order valence-corrected chi connectivity index (χ4v) is 6.49. The summed E-state index contributed by atoms with van der Waals surface area (Å²) in [7, 11) is -1.71. The van der Waals surface area contributed by atoms with Crippen molar-refractivity contribution in [2.75, 3.05) is 46.1 Å². The lowest BCUT2D eigenvalue weighted by atomic mass is 10.0. The van der Waals surface area contributed by atoms with Gasteiger partial charge in [0.25, 0.3) is 0 Å². The van der Waals surface area contributed by atoms with E-state index in [2.05, 4.69) is 10.6 Å². The van der Waals surface area contributed by atoms with Crippen molar-refractivity contribution in [1.29, 1.82) is 0 Å². The first kappa shape index (κ1) is 31.6. The highest BCUT2D eigenvalue weighted by molar-refractivity contribution is 7.88. The maximum atomic E-state index is 13.6. The number of carbonyl (C=O) groups excluding carboxylic acids is 2. The summed E-state index contributed by atoms with van der Waals surface area (Å²) in [6.45, 7) is 1.51. The fourth-order valence-electron chi connectivity index (χ4n) is 5.66. The Morgan fingerprint density at radius 3 is 2.14 bits per heavy atom. The van der Waals surface area contributed by atoms with Gasteiger partial charge in [0.05, 0.1) is 19.8 Å². The first-order chi connectivity index (χ1) is 21.1. The monoisotopic (exact) mass is 622 g/mol. The number of hydrogen-bond donors (Lipinski definition) is 2. The van der Waals surface area contributed by atoms with Crippen molar-refractivity contribution in [1.82, 2.24) is 19.8 Å². The molecule has 234 valence electrons. The number of hydrogen-bond acceptors (Lipinski definition) is 6. The predicted octanol–water partition coefficient (Wildman–Crippen LogP) is 3.17. The zero-order valence-corrected chi connectivity index (χ0v) is 25.9. The Kier molecular flexibility index (Phi) is 9.97.